The van der Waals surface area contributed by atoms with Crippen LogP contribution in [0.25, 0.3) is 11.2 Å². The molecule has 0 radical (unpaired) electrons. The Hall–Kier alpha value is -1.74. The van der Waals surface area contributed by atoms with Gasteiger partial charge in [-0.1, -0.05) is 0 Å². The minimum Gasteiger partial charge on any atom is -0.397 e. The smallest absolute Gasteiger partial charge is 0.168 e. The zero-order chi connectivity index (χ0) is 14.5. The van der Waals surface area contributed by atoms with Gasteiger partial charge in [0, 0.05) is 6.20 Å². The summed E-state index contributed by atoms with van der Waals surface area (Å²) in [6.45, 7) is 1.05. The Labute approximate surface area is 114 Å². The molecule has 1 fully saturated rings. The number of imidazole rings is 1. The van der Waals surface area contributed by atoms with Crippen molar-refractivity contribution in [2.24, 2.45) is 0 Å². The largest absolute Gasteiger partial charge is 0.397 e. The second kappa shape index (κ2) is 4.38. The lowest BCUT2D eigenvalue weighted by molar-refractivity contribution is -0.0950. The molecule has 3 heterocycles. The van der Waals surface area contributed by atoms with Gasteiger partial charge in [0.15, 0.2) is 11.9 Å². The minimum atomic E-state index is -1.58. The van der Waals surface area contributed by atoms with Gasteiger partial charge in [-0.05, 0) is 13.0 Å². The molecule has 8 heteroatoms. The van der Waals surface area contributed by atoms with Gasteiger partial charge in [0.2, 0.25) is 0 Å². The lowest BCUT2D eigenvalue weighted by atomic mass is 9.96. The lowest BCUT2D eigenvalue weighted by Crippen LogP contribution is -2.44. The van der Waals surface area contributed by atoms with Crippen molar-refractivity contribution in [2.45, 2.75) is 31.0 Å². The van der Waals surface area contributed by atoms with E-state index in [0.29, 0.717) is 16.9 Å². The zero-order valence-electron chi connectivity index (χ0n) is 10.8. The van der Waals surface area contributed by atoms with E-state index in [0.717, 1.165) is 0 Å². The van der Waals surface area contributed by atoms with Crippen molar-refractivity contribution in [2.75, 3.05) is 12.3 Å². The van der Waals surface area contributed by atoms with Crippen LogP contribution in [0.4, 0.5) is 5.69 Å². The number of rotatable bonds is 2. The van der Waals surface area contributed by atoms with Crippen LogP contribution in [-0.4, -0.2) is 54.3 Å². The van der Waals surface area contributed by atoms with Gasteiger partial charge in [-0.15, -0.1) is 0 Å². The van der Waals surface area contributed by atoms with Crippen LogP contribution < -0.4 is 5.73 Å². The maximum absolute atomic E-state index is 10.4. The first-order valence-electron chi connectivity index (χ1n) is 6.20. The quantitative estimate of drug-likeness (QED) is 0.556. The molecule has 0 bridgehead atoms. The molecule has 0 aromatic carbocycles. The molecule has 1 saturated heterocycles. The van der Waals surface area contributed by atoms with Gasteiger partial charge in [0.25, 0.3) is 0 Å². The summed E-state index contributed by atoms with van der Waals surface area (Å²) >= 11 is 0. The number of aliphatic hydroxyl groups is 3. The lowest BCUT2D eigenvalue weighted by Gasteiger charge is -2.27. The van der Waals surface area contributed by atoms with Crippen molar-refractivity contribution in [3.63, 3.8) is 0 Å². The monoisotopic (exact) mass is 280 g/mol. The number of nitrogens with two attached hydrogens (primary N) is 1. The van der Waals surface area contributed by atoms with E-state index in [4.69, 9.17) is 10.5 Å². The molecule has 108 valence electrons. The molecule has 3 rings (SSSR count). The second-order valence-electron chi connectivity index (χ2n) is 5.10. The van der Waals surface area contributed by atoms with Crippen LogP contribution in [0.1, 0.15) is 13.2 Å². The molecule has 20 heavy (non-hydrogen) atoms. The molecule has 1 aliphatic rings. The number of pyridine rings is 1. The number of fused-ring (bicyclic) bond motifs is 1. The highest BCUT2D eigenvalue weighted by molar-refractivity contribution is 5.83. The van der Waals surface area contributed by atoms with E-state index in [1.165, 1.54) is 24.0 Å². The molecular weight excluding hydrogens is 264 g/mol. The van der Waals surface area contributed by atoms with Gasteiger partial charge >= 0.3 is 0 Å². The van der Waals surface area contributed by atoms with Gasteiger partial charge < -0.3 is 25.8 Å². The van der Waals surface area contributed by atoms with Crippen molar-refractivity contribution < 1.29 is 20.1 Å². The van der Waals surface area contributed by atoms with Crippen molar-refractivity contribution in [3.05, 3.63) is 18.6 Å². The van der Waals surface area contributed by atoms with Crippen LogP contribution in [0, 0.1) is 0 Å². The van der Waals surface area contributed by atoms with E-state index in [9.17, 15) is 15.3 Å². The molecule has 1 aliphatic heterocycles. The van der Waals surface area contributed by atoms with Crippen molar-refractivity contribution in [1.29, 1.82) is 0 Å². The van der Waals surface area contributed by atoms with Crippen molar-refractivity contribution in [3.8, 4) is 0 Å². The number of aliphatic hydroxyl groups excluding tert-OH is 2. The van der Waals surface area contributed by atoms with E-state index in [1.807, 2.05) is 0 Å². The predicted octanol–water partition coefficient (Wildman–Crippen LogP) is -0.985. The minimum absolute atomic E-state index is 0.393. The third-order valence-corrected chi connectivity index (χ3v) is 3.68. The summed E-state index contributed by atoms with van der Waals surface area (Å²) in [5.41, 5.74) is 5.64. The van der Waals surface area contributed by atoms with E-state index in [1.54, 1.807) is 6.07 Å². The maximum Gasteiger partial charge on any atom is 0.168 e. The van der Waals surface area contributed by atoms with Gasteiger partial charge in [0.05, 0.1) is 18.6 Å². The van der Waals surface area contributed by atoms with Crippen LogP contribution in [0.5, 0.6) is 0 Å². The Balaban J connectivity index is 2.10. The van der Waals surface area contributed by atoms with Gasteiger partial charge in [-0.25, -0.2) is 9.97 Å². The summed E-state index contributed by atoms with van der Waals surface area (Å²) in [5, 5.41) is 29.6. The summed E-state index contributed by atoms with van der Waals surface area (Å²) in [6, 6.07) is 1.62. The highest BCUT2D eigenvalue weighted by atomic mass is 16.6. The molecule has 4 atom stereocenters. The number of nitrogen functional groups attached to an aromatic ring is 1. The fourth-order valence-electron chi connectivity index (χ4n) is 2.52. The van der Waals surface area contributed by atoms with Gasteiger partial charge in [-0.3, -0.25) is 4.57 Å². The van der Waals surface area contributed by atoms with Gasteiger partial charge in [0.1, 0.15) is 23.3 Å². The van der Waals surface area contributed by atoms with E-state index in [2.05, 4.69) is 9.97 Å². The third-order valence-electron chi connectivity index (χ3n) is 3.68. The summed E-state index contributed by atoms with van der Waals surface area (Å²) in [6.07, 6.45) is -0.0162. The molecule has 0 unspecified atom stereocenters. The normalized spacial score (nSPS) is 33.9. The molecular formula is C12H16N4O4. The molecule has 5 N–H and O–H groups in total. The number of ether oxygens (including phenoxy) is 1. The third kappa shape index (κ3) is 1.70. The number of hydrogen-bond donors (Lipinski definition) is 4. The first-order chi connectivity index (χ1) is 9.46. The first-order valence-corrected chi connectivity index (χ1v) is 6.20. The SMILES string of the molecule is C[C@@]1(O)[C@H](O)[C@@H](CO)O[C@H]1n1cnc2c(N)ccnc21. The summed E-state index contributed by atoms with van der Waals surface area (Å²) < 4.78 is 7.03. The van der Waals surface area contributed by atoms with Crippen molar-refractivity contribution >= 4 is 16.9 Å². The first kappa shape index (κ1) is 13.3. The van der Waals surface area contributed by atoms with Crippen molar-refractivity contribution in [1.82, 2.24) is 14.5 Å². The summed E-state index contributed by atoms with van der Waals surface area (Å²) in [5.74, 6) is 0. The van der Waals surface area contributed by atoms with Gasteiger partial charge in [-0.2, -0.15) is 0 Å². The Morgan fingerprint density at radius 1 is 1.50 bits per heavy atom. The average molecular weight is 280 g/mol. The average Bonchev–Trinajstić information content (AvgIpc) is 2.92. The van der Waals surface area contributed by atoms with E-state index >= 15 is 0 Å². The Morgan fingerprint density at radius 3 is 2.90 bits per heavy atom. The molecule has 2 aromatic heterocycles. The number of aromatic nitrogens is 3. The van der Waals surface area contributed by atoms with Crippen LogP contribution in [0.2, 0.25) is 0 Å². The Kier molecular flexibility index (Phi) is 2.91. The molecule has 2 aromatic rings. The number of nitrogens with zero attached hydrogens (tertiary/aromatic N) is 3. The van der Waals surface area contributed by atoms with E-state index < -0.39 is 30.6 Å². The fourth-order valence-corrected chi connectivity index (χ4v) is 2.52. The van der Waals surface area contributed by atoms with E-state index in [-0.39, 0.29) is 0 Å². The Morgan fingerprint density at radius 2 is 2.25 bits per heavy atom. The van der Waals surface area contributed by atoms with Crippen LogP contribution in [-0.2, 0) is 4.74 Å². The fraction of sp³-hybridized carbons (Fsp3) is 0.500. The maximum atomic E-state index is 10.4. The number of anilines is 1. The molecule has 8 nitrogen and oxygen atoms in total. The number of hydrogen-bond acceptors (Lipinski definition) is 7. The Bertz CT molecular complexity index is 641. The predicted molar refractivity (Wildman–Crippen MR) is 69.6 cm³/mol. The highest BCUT2D eigenvalue weighted by Gasteiger charge is 2.53. The molecule has 0 aliphatic carbocycles. The molecule has 0 spiro atoms. The topological polar surface area (TPSA) is 127 Å². The molecule has 0 amide bonds. The molecule has 0 saturated carbocycles. The standard InChI is InChI=1S/C12H16N4O4/c1-12(19)9(18)7(4-17)20-11(12)16-5-15-8-6(13)2-3-14-10(8)16/h2-3,5,7,9,11,17-19H,4H2,1H3,(H2,13,14)/t7-,9-,11-,12-/m1/s1. The van der Waals surface area contributed by atoms with Crippen LogP contribution >= 0.6 is 0 Å². The second-order valence-corrected chi connectivity index (χ2v) is 5.10. The van der Waals surface area contributed by atoms with Crippen LogP contribution in [0.3, 0.4) is 0 Å². The summed E-state index contributed by atoms with van der Waals surface area (Å²) in [7, 11) is 0. The summed E-state index contributed by atoms with van der Waals surface area (Å²) in [4.78, 5) is 8.32. The zero-order valence-corrected chi connectivity index (χ0v) is 10.8. The highest BCUT2D eigenvalue weighted by Crippen LogP contribution is 2.39. The van der Waals surface area contributed by atoms with Crippen LogP contribution in [0.15, 0.2) is 18.6 Å².